The highest BCUT2D eigenvalue weighted by Gasteiger charge is 2.14. The molecule has 0 amide bonds. The van der Waals surface area contributed by atoms with Crippen LogP contribution in [0.1, 0.15) is 24.6 Å². The topological polar surface area (TPSA) is 37.4 Å². The van der Waals surface area contributed by atoms with Crippen LogP contribution in [-0.2, 0) is 11.3 Å². The molecule has 1 aromatic rings. The fourth-order valence-electron chi connectivity index (χ4n) is 2.44. The largest absolute Gasteiger partial charge is 0.380 e. The van der Waals surface area contributed by atoms with Crippen LogP contribution in [-0.4, -0.2) is 38.3 Å². The molecular weight excluding hydrogens is 250 g/mol. The molecular formula is C16H25N3O. The summed E-state index contributed by atoms with van der Waals surface area (Å²) in [5.74, 6) is 1.08. The molecule has 0 saturated heterocycles. The maximum absolute atomic E-state index is 5.19. The molecule has 0 bridgehead atoms. The summed E-state index contributed by atoms with van der Waals surface area (Å²) in [6, 6.07) is 4.32. The number of rotatable bonds is 6. The lowest BCUT2D eigenvalue weighted by Crippen LogP contribution is -2.30. The molecule has 1 aliphatic rings. The number of hydrogen-bond donors (Lipinski definition) is 1. The summed E-state index contributed by atoms with van der Waals surface area (Å²) in [7, 11) is 1.75. The number of pyridine rings is 1. The number of nitrogens with one attached hydrogen (secondary N) is 1. The predicted molar refractivity (Wildman–Crippen MR) is 83.1 cm³/mol. The molecule has 1 aromatic heterocycles. The number of ether oxygens (including phenoxy) is 1. The fraction of sp³-hybridized carbons (Fsp3) is 0.562. The smallest absolute Gasteiger partial charge is 0.129 e. The third-order valence-corrected chi connectivity index (χ3v) is 3.70. The highest BCUT2D eigenvalue weighted by atomic mass is 16.5. The Kier molecular flexibility index (Phi) is 5.56. The van der Waals surface area contributed by atoms with Crippen LogP contribution in [0.3, 0.4) is 0 Å². The average Bonchev–Trinajstić information content (AvgIpc) is 2.47. The summed E-state index contributed by atoms with van der Waals surface area (Å²) in [6.45, 7) is 8.79. The minimum Gasteiger partial charge on any atom is -0.380 e. The van der Waals surface area contributed by atoms with Gasteiger partial charge in [0.05, 0.1) is 6.61 Å². The number of aryl methyl sites for hydroxylation is 1. The Morgan fingerprint density at radius 1 is 1.40 bits per heavy atom. The molecule has 0 fully saturated rings. The molecule has 0 aliphatic carbocycles. The van der Waals surface area contributed by atoms with Crippen molar-refractivity contribution in [3.8, 4) is 0 Å². The summed E-state index contributed by atoms with van der Waals surface area (Å²) in [5.41, 5.74) is 3.79. The van der Waals surface area contributed by atoms with E-state index in [-0.39, 0.29) is 0 Å². The second-order valence-corrected chi connectivity index (χ2v) is 5.19. The Bertz CT molecular complexity index is 471. The minimum atomic E-state index is 0.752. The van der Waals surface area contributed by atoms with Crippen LogP contribution in [0.15, 0.2) is 23.8 Å². The van der Waals surface area contributed by atoms with Crippen molar-refractivity contribution in [1.29, 1.82) is 0 Å². The van der Waals surface area contributed by atoms with E-state index in [1.165, 1.54) is 11.1 Å². The Balaban J connectivity index is 2.02. The standard InChI is InChI=1S/C16H25N3O/c1-4-17-11-15-5-6-16(18-13(15)2)19-9-7-14(8-10-19)12-20-3/h5-7,17H,4,8-12H2,1-3H3. The van der Waals surface area contributed by atoms with Gasteiger partial charge in [-0.25, -0.2) is 4.98 Å². The van der Waals surface area contributed by atoms with Gasteiger partial charge in [-0.3, -0.25) is 0 Å². The lowest BCUT2D eigenvalue weighted by atomic mass is 10.1. The van der Waals surface area contributed by atoms with Gasteiger partial charge in [-0.1, -0.05) is 19.1 Å². The molecule has 1 N–H and O–H groups in total. The Labute approximate surface area is 121 Å². The van der Waals surface area contributed by atoms with E-state index in [1.807, 2.05) is 0 Å². The van der Waals surface area contributed by atoms with Crippen molar-refractivity contribution < 1.29 is 4.74 Å². The zero-order valence-electron chi connectivity index (χ0n) is 12.8. The molecule has 0 aromatic carbocycles. The van der Waals surface area contributed by atoms with Crippen LogP contribution in [0, 0.1) is 6.92 Å². The minimum absolute atomic E-state index is 0.752. The number of nitrogens with zero attached hydrogens (tertiary/aromatic N) is 2. The van der Waals surface area contributed by atoms with Crippen LogP contribution < -0.4 is 10.2 Å². The van der Waals surface area contributed by atoms with Crippen LogP contribution in [0.2, 0.25) is 0 Å². The van der Waals surface area contributed by atoms with Gasteiger partial charge in [0.1, 0.15) is 5.82 Å². The van der Waals surface area contributed by atoms with Gasteiger partial charge < -0.3 is 15.0 Å². The van der Waals surface area contributed by atoms with Crippen molar-refractivity contribution in [2.45, 2.75) is 26.8 Å². The van der Waals surface area contributed by atoms with Gasteiger partial charge in [-0.05, 0) is 37.1 Å². The average molecular weight is 275 g/mol. The van der Waals surface area contributed by atoms with Crippen molar-refractivity contribution in [3.63, 3.8) is 0 Å². The van der Waals surface area contributed by atoms with Crippen LogP contribution in [0.4, 0.5) is 5.82 Å². The summed E-state index contributed by atoms with van der Waals surface area (Å²) >= 11 is 0. The van der Waals surface area contributed by atoms with Gasteiger partial charge in [0, 0.05) is 32.4 Å². The molecule has 20 heavy (non-hydrogen) atoms. The summed E-state index contributed by atoms with van der Waals surface area (Å²) in [4.78, 5) is 7.07. The van der Waals surface area contributed by atoms with E-state index in [0.717, 1.165) is 50.7 Å². The number of methoxy groups -OCH3 is 1. The maximum Gasteiger partial charge on any atom is 0.129 e. The van der Waals surface area contributed by atoms with Gasteiger partial charge in [-0.15, -0.1) is 0 Å². The summed E-state index contributed by atoms with van der Waals surface area (Å²) < 4.78 is 5.19. The zero-order chi connectivity index (χ0) is 14.4. The van der Waals surface area contributed by atoms with Crippen molar-refractivity contribution in [2.75, 3.05) is 38.3 Å². The van der Waals surface area contributed by atoms with Gasteiger partial charge in [-0.2, -0.15) is 0 Å². The van der Waals surface area contributed by atoms with E-state index in [1.54, 1.807) is 7.11 Å². The fourth-order valence-corrected chi connectivity index (χ4v) is 2.44. The van der Waals surface area contributed by atoms with Crippen molar-refractivity contribution in [1.82, 2.24) is 10.3 Å². The Morgan fingerprint density at radius 2 is 2.25 bits per heavy atom. The lowest BCUT2D eigenvalue weighted by Gasteiger charge is -2.27. The third-order valence-electron chi connectivity index (χ3n) is 3.70. The third kappa shape index (κ3) is 3.81. The molecule has 0 atom stereocenters. The molecule has 2 heterocycles. The molecule has 0 spiro atoms. The van der Waals surface area contributed by atoms with Crippen LogP contribution >= 0.6 is 0 Å². The first kappa shape index (κ1) is 15.0. The quantitative estimate of drug-likeness (QED) is 0.808. The molecule has 110 valence electrons. The molecule has 4 heteroatoms. The van der Waals surface area contributed by atoms with Gasteiger partial charge in [0.15, 0.2) is 0 Å². The van der Waals surface area contributed by atoms with E-state index in [4.69, 9.17) is 9.72 Å². The van der Waals surface area contributed by atoms with E-state index < -0.39 is 0 Å². The van der Waals surface area contributed by atoms with E-state index in [2.05, 4.69) is 42.3 Å². The molecule has 2 rings (SSSR count). The van der Waals surface area contributed by atoms with E-state index >= 15 is 0 Å². The second-order valence-electron chi connectivity index (χ2n) is 5.19. The molecule has 0 saturated carbocycles. The first-order valence-electron chi connectivity index (χ1n) is 7.33. The normalized spacial score (nSPS) is 15.3. The number of anilines is 1. The lowest BCUT2D eigenvalue weighted by molar-refractivity contribution is 0.222. The number of aromatic nitrogens is 1. The van der Waals surface area contributed by atoms with Gasteiger partial charge in [0.25, 0.3) is 0 Å². The van der Waals surface area contributed by atoms with E-state index in [9.17, 15) is 0 Å². The first-order chi connectivity index (χ1) is 9.74. The van der Waals surface area contributed by atoms with Crippen molar-refractivity contribution in [2.24, 2.45) is 0 Å². The molecule has 0 unspecified atom stereocenters. The van der Waals surface area contributed by atoms with E-state index in [0.29, 0.717) is 0 Å². The molecule has 0 radical (unpaired) electrons. The Morgan fingerprint density at radius 3 is 2.85 bits per heavy atom. The maximum atomic E-state index is 5.19. The highest BCUT2D eigenvalue weighted by Crippen LogP contribution is 2.19. The van der Waals surface area contributed by atoms with Gasteiger partial charge in [0.2, 0.25) is 0 Å². The van der Waals surface area contributed by atoms with Crippen molar-refractivity contribution >= 4 is 5.82 Å². The monoisotopic (exact) mass is 275 g/mol. The second kappa shape index (κ2) is 7.41. The summed E-state index contributed by atoms with van der Waals surface area (Å²) in [6.07, 6.45) is 3.32. The highest BCUT2D eigenvalue weighted by molar-refractivity contribution is 5.44. The molecule has 1 aliphatic heterocycles. The first-order valence-corrected chi connectivity index (χ1v) is 7.33. The van der Waals surface area contributed by atoms with Crippen LogP contribution in [0.25, 0.3) is 0 Å². The van der Waals surface area contributed by atoms with Crippen molar-refractivity contribution in [3.05, 3.63) is 35.0 Å². The number of hydrogen-bond acceptors (Lipinski definition) is 4. The predicted octanol–water partition coefficient (Wildman–Crippen LogP) is 2.28. The summed E-state index contributed by atoms with van der Waals surface area (Å²) in [5, 5.41) is 3.35. The van der Waals surface area contributed by atoms with Gasteiger partial charge >= 0.3 is 0 Å². The van der Waals surface area contributed by atoms with Crippen LogP contribution in [0.5, 0.6) is 0 Å². The molecule has 4 nitrogen and oxygen atoms in total. The zero-order valence-corrected chi connectivity index (χ0v) is 12.8. The SMILES string of the molecule is CCNCc1ccc(N2CC=C(COC)CC2)nc1C. The Hall–Kier alpha value is -1.39.